The van der Waals surface area contributed by atoms with Crippen molar-refractivity contribution in [3.8, 4) is 5.75 Å². The molecule has 0 aliphatic carbocycles. The van der Waals surface area contributed by atoms with Crippen LogP contribution in [-0.2, 0) is 12.0 Å². The van der Waals surface area contributed by atoms with Gasteiger partial charge in [-0.25, -0.2) is 0 Å². The minimum Gasteiger partial charge on any atom is -0.458 e. The van der Waals surface area contributed by atoms with Crippen LogP contribution in [0.1, 0.15) is 43.9 Å². The Hall–Kier alpha value is -2.72. The maximum Gasteiger partial charge on any atom is 0.241 e. The van der Waals surface area contributed by atoms with E-state index in [0.717, 1.165) is 18.6 Å². The molecule has 2 saturated heterocycles. The summed E-state index contributed by atoms with van der Waals surface area (Å²) in [7, 11) is 0. The molecule has 168 valence electrons. The van der Waals surface area contributed by atoms with Crippen molar-refractivity contribution in [1.82, 2.24) is 0 Å². The largest absolute Gasteiger partial charge is 0.458 e. The Morgan fingerprint density at radius 1 is 0.939 bits per heavy atom. The Morgan fingerprint density at radius 3 is 2.36 bits per heavy atom. The number of hydrogen-bond donors (Lipinski definition) is 0. The third-order valence-electron chi connectivity index (χ3n) is 7.02. The van der Waals surface area contributed by atoms with E-state index in [9.17, 15) is 0 Å². The van der Waals surface area contributed by atoms with Crippen LogP contribution in [0.3, 0.4) is 0 Å². The molecule has 2 fully saturated rings. The molecule has 0 saturated carbocycles. The van der Waals surface area contributed by atoms with Gasteiger partial charge >= 0.3 is 0 Å². The lowest BCUT2D eigenvalue weighted by Gasteiger charge is -2.44. The Morgan fingerprint density at radius 2 is 1.64 bits per heavy atom. The molecular weight excluding hydrogens is 424 g/mol. The van der Waals surface area contributed by atoms with Crippen LogP contribution in [0.25, 0.3) is 0 Å². The first kappa shape index (κ1) is 20.9. The van der Waals surface area contributed by atoms with Crippen LogP contribution in [0.15, 0.2) is 83.9 Å². The van der Waals surface area contributed by atoms with Crippen molar-refractivity contribution in [3.05, 3.63) is 95.6 Å². The van der Waals surface area contributed by atoms with Crippen LogP contribution in [-0.4, -0.2) is 15.6 Å². The van der Waals surface area contributed by atoms with E-state index in [1.54, 1.807) is 0 Å². The fraction of sp³-hybridized carbons (Fsp3) is 0.345. The molecule has 3 heterocycles. The normalized spacial score (nSPS) is 28.8. The molecule has 0 spiro atoms. The van der Waals surface area contributed by atoms with E-state index in [2.05, 4.69) is 111 Å². The summed E-state index contributed by atoms with van der Waals surface area (Å²) in [5.74, 6) is 1.28. The lowest BCUT2D eigenvalue weighted by molar-refractivity contribution is 0.120. The Balaban J connectivity index is 1.61. The molecule has 3 atom stereocenters. The zero-order valence-electron chi connectivity index (χ0n) is 19.7. The van der Waals surface area contributed by atoms with Gasteiger partial charge in [0.2, 0.25) is 5.06 Å². The minimum atomic E-state index is -0.510. The highest BCUT2D eigenvalue weighted by Gasteiger charge is 2.74. The molecule has 3 nitrogen and oxygen atoms in total. The highest BCUT2D eigenvalue weighted by atomic mass is 32.2. The summed E-state index contributed by atoms with van der Waals surface area (Å²) in [6.07, 6.45) is 2.02. The minimum absolute atomic E-state index is 0.172. The molecule has 3 aromatic rings. The van der Waals surface area contributed by atoms with Gasteiger partial charge < -0.3 is 9.64 Å². The average Bonchev–Trinajstić information content (AvgIpc) is 3.13. The molecule has 3 aliphatic heterocycles. The zero-order valence-corrected chi connectivity index (χ0v) is 20.5. The highest BCUT2D eigenvalue weighted by molar-refractivity contribution is 8.15. The van der Waals surface area contributed by atoms with Crippen molar-refractivity contribution in [2.75, 3.05) is 4.90 Å². The first-order valence-corrected chi connectivity index (χ1v) is 12.6. The van der Waals surface area contributed by atoms with E-state index >= 15 is 0 Å². The van der Waals surface area contributed by atoms with E-state index in [1.807, 2.05) is 11.8 Å². The van der Waals surface area contributed by atoms with E-state index in [0.29, 0.717) is 5.92 Å². The van der Waals surface area contributed by atoms with E-state index in [4.69, 9.17) is 9.73 Å². The number of fused-ring (bicyclic) bond motifs is 1. The predicted molar refractivity (Wildman–Crippen MR) is 138 cm³/mol. The predicted octanol–water partition coefficient (Wildman–Crippen LogP) is 6.95. The maximum absolute atomic E-state index is 7.03. The van der Waals surface area contributed by atoms with Gasteiger partial charge in [-0.2, -0.15) is 0 Å². The van der Waals surface area contributed by atoms with Gasteiger partial charge in [0.25, 0.3) is 0 Å². The van der Waals surface area contributed by atoms with Crippen molar-refractivity contribution < 1.29 is 4.74 Å². The van der Waals surface area contributed by atoms with Crippen LogP contribution in [0.4, 0.5) is 5.69 Å². The Bertz CT molecular complexity index is 1230. The van der Waals surface area contributed by atoms with Crippen molar-refractivity contribution in [2.45, 2.75) is 56.7 Å². The van der Waals surface area contributed by atoms with Gasteiger partial charge in [-0.1, -0.05) is 66.2 Å². The third-order valence-corrected chi connectivity index (χ3v) is 8.53. The Labute approximate surface area is 200 Å². The van der Waals surface area contributed by atoms with Gasteiger partial charge in [-0.3, -0.25) is 4.99 Å². The molecule has 3 aliphatic rings. The quantitative estimate of drug-likeness (QED) is 0.428. The van der Waals surface area contributed by atoms with Crippen molar-refractivity contribution >= 4 is 22.5 Å². The van der Waals surface area contributed by atoms with E-state index in [1.165, 1.54) is 27.4 Å². The van der Waals surface area contributed by atoms with E-state index in [-0.39, 0.29) is 11.1 Å². The summed E-state index contributed by atoms with van der Waals surface area (Å²) in [4.78, 5) is 7.91. The number of hydrogen-bond acceptors (Lipinski definition) is 4. The van der Waals surface area contributed by atoms with Gasteiger partial charge in [-0.05, 0) is 81.6 Å². The summed E-state index contributed by atoms with van der Waals surface area (Å²) < 4.78 is 7.03. The standard InChI is InChI=1S/C29H30N2OS/c1-20-14-16-24(17-15-20)32-29-23-18-21-10-8-9-13-25(21)31(29)28(19-23,22-11-6-5-7-12-22)26(33-29)30-27(2,3)4/h5-17,23H,18-19H2,1-4H3/t23-,28+,29+/m0/s1. The van der Waals surface area contributed by atoms with Gasteiger partial charge in [0, 0.05) is 11.6 Å². The SMILES string of the molecule is Cc1ccc(O[C@@]23SC(=NC(C)(C)C)[C@]4(c5ccccc5)C[C@@H]2Cc2ccccc2N43)cc1. The number of rotatable bonds is 3. The highest BCUT2D eigenvalue weighted by Crippen LogP contribution is 2.69. The van der Waals surface area contributed by atoms with Crippen LogP contribution < -0.4 is 9.64 Å². The summed E-state index contributed by atoms with van der Waals surface area (Å²) in [5.41, 5.74) is 4.73. The van der Waals surface area contributed by atoms with Crippen molar-refractivity contribution in [3.63, 3.8) is 0 Å². The molecule has 0 N–H and O–H groups in total. The van der Waals surface area contributed by atoms with E-state index < -0.39 is 5.06 Å². The molecule has 4 bridgehead atoms. The van der Waals surface area contributed by atoms with Gasteiger partial charge in [-0.15, -0.1) is 0 Å². The second-order valence-electron chi connectivity index (χ2n) is 10.5. The number of aliphatic imine (C=N–C) groups is 1. The smallest absolute Gasteiger partial charge is 0.241 e. The third kappa shape index (κ3) is 3.07. The number of anilines is 1. The van der Waals surface area contributed by atoms with Crippen molar-refractivity contribution in [2.24, 2.45) is 10.9 Å². The molecular formula is C29H30N2OS. The summed E-state index contributed by atoms with van der Waals surface area (Å²) in [5, 5.41) is 0.657. The summed E-state index contributed by atoms with van der Waals surface area (Å²) >= 11 is 1.84. The molecule has 6 rings (SSSR count). The fourth-order valence-corrected chi connectivity index (χ4v) is 7.61. The number of nitrogens with zero attached hydrogens (tertiary/aromatic N) is 2. The molecule has 3 aromatic carbocycles. The van der Waals surface area contributed by atoms with Crippen LogP contribution >= 0.6 is 11.8 Å². The lowest BCUT2D eigenvalue weighted by Crippen LogP contribution is -2.53. The fourth-order valence-electron chi connectivity index (χ4n) is 5.73. The summed E-state index contributed by atoms with van der Waals surface area (Å²) in [6, 6.07) is 28.3. The van der Waals surface area contributed by atoms with Gasteiger partial charge in [0.1, 0.15) is 16.3 Å². The van der Waals surface area contributed by atoms with Crippen LogP contribution in [0.5, 0.6) is 5.75 Å². The zero-order chi connectivity index (χ0) is 22.8. The lowest BCUT2D eigenvalue weighted by atomic mass is 9.84. The van der Waals surface area contributed by atoms with Crippen LogP contribution in [0, 0.1) is 12.8 Å². The number of ether oxygens (including phenoxy) is 1. The molecule has 0 amide bonds. The molecule has 0 radical (unpaired) electrons. The molecule has 33 heavy (non-hydrogen) atoms. The topological polar surface area (TPSA) is 24.8 Å². The first-order chi connectivity index (χ1) is 15.8. The number of thioether (sulfide) groups is 1. The summed E-state index contributed by atoms with van der Waals surface area (Å²) in [6.45, 7) is 8.68. The van der Waals surface area contributed by atoms with Gasteiger partial charge in [0.05, 0.1) is 5.54 Å². The average molecular weight is 455 g/mol. The Kier molecular flexibility index (Phi) is 4.51. The molecule has 0 unspecified atom stereocenters. The van der Waals surface area contributed by atoms with Gasteiger partial charge in [0.15, 0.2) is 0 Å². The molecule has 0 aromatic heterocycles. The second kappa shape index (κ2) is 7.14. The molecule has 4 heteroatoms. The maximum atomic E-state index is 7.03. The van der Waals surface area contributed by atoms with Crippen LogP contribution in [0.2, 0.25) is 0 Å². The number of aryl methyl sites for hydroxylation is 1. The first-order valence-electron chi connectivity index (χ1n) is 11.8. The number of para-hydroxylation sites is 1. The number of benzene rings is 3. The van der Waals surface area contributed by atoms with Crippen molar-refractivity contribution in [1.29, 1.82) is 0 Å². The second-order valence-corrected chi connectivity index (χ2v) is 11.7. The monoisotopic (exact) mass is 454 g/mol.